The molecule has 0 unspecified atom stereocenters. The topological polar surface area (TPSA) is 108 Å². The van der Waals surface area contributed by atoms with Gasteiger partial charge in [-0.3, -0.25) is 4.79 Å². The van der Waals surface area contributed by atoms with Crippen molar-refractivity contribution in [1.29, 1.82) is 0 Å². The molecule has 9 nitrogen and oxygen atoms in total. The van der Waals surface area contributed by atoms with E-state index in [2.05, 4.69) is 25.5 Å². The van der Waals surface area contributed by atoms with Crippen LogP contribution in [0.5, 0.6) is 11.6 Å². The Morgan fingerprint density at radius 2 is 1.87 bits per heavy atom. The summed E-state index contributed by atoms with van der Waals surface area (Å²) in [5.74, 6) is 1.76. The van der Waals surface area contributed by atoms with Crippen LogP contribution >= 0.6 is 0 Å². The Balaban J connectivity index is 1.48. The van der Waals surface area contributed by atoms with Gasteiger partial charge in [0.1, 0.15) is 23.4 Å². The van der Waals surface area contributed by atoms with Gasteiger partial charge in [-0.25, -0.2) is 14.6 Å². The summed E-state index contributed by atoms with van der Waals surface area (Å²) in [7, 11) is 0. The number of amides is 1. The highest BCUT2D eigenvalue weighted by molar-refractivity contribution is 6.04. The number of carbonyl (C=O) groups is 1. The quantitative estimate of drug-likeness (QED) is 0.537. The van der Waals surface area contributed by atoms with E-state index in [1.54, 1.807) is 41.9 Å². The van der Waals surface area contributed by atoms with Crippen LogP contribution in [-0.4, -0.2) is 30.8 Å². The lowest BCUT2D eigenvalue weighted by Gasteiger charge is -2.09. The number of hydrogen-bond donors (Lipinski definition) is 1. The van der Waals surface area contributed by atoms with E-state index in [0.29, 0.717) is 34.5 Å². The second-order valence-corrected chi connectivity index (χ2v) is 6.80. The van der Waals surface area contributed by atoms with Gasteiger partial charge in [0.2, 0.25) is 5.88 Å². The van der Waals surface area contributed by atoms with Crippen molar-refractivity contribution in [2.45, 2.75) is 27.7 Å². The standard InChI is InChI=1S/C21H20N6O3/c1-12-13(2)26-27(14(12)3)19-9-20(23-11-22-19)29-17-7-5-16(6-8-17)25-21(28)18-10-24-30-15(18)4/h5-11H,1-4H3,(H,25,28). The lowest BCUT2D eigenvalue weighted by atomic mass is 10.2. The number of anilines is 1. The van der Waals surface area contributed by atoms with E-state index >= 15 is 0 Å². The molecule has 0 saturated carbocycles. The van der Waals surface area contributed by atoms with Gasteiger partial charge in [0.25, 0.3) is 5.91 Å². The third kappa shape index (κ3) is 3.77. The summed E-state index contributed by atoms with van der Waals surface area (Å²) < 4.78 is 12.5. The van der Waals surface area contributed by atoms with Gasteiger partial charge in [-0.15, -0.1) is 0 Å². The summed E-state index contributed by atoms with van der Waals surface area (Å²) >= 11 is 0. The molecule has 3 aromatic heterocycles. The van der Waals surface area contributed by atoms with Crippen LogP contribution in [0.1, 0.15) is 33.1 Å². The van der Waals surface area contributed by atoms with Crippen molar-refractivity contribution in [2.75, 3.05) is 5.32 Å². The number of ether oxygens (including phenoxy) is 1. The highest BCUT2D eigenvalue weighted by Crippen LogP contribution is 2.24. The first-order valence-corrected chi connectivity index (χ1v) is 9.28. The van der Waals surface area contributed by atoms with Gasteiger partial charge in [0.15, 0.2) is 5.82 Å². The zero-order valence-corrected chi connectivity index (χ0v) is 17.0. The Bertz CT molecular complexity index is 1210. The van der Waals surface area contributed by atoms with Crippen molar-refractivity contribution in [3.63, 3.8) is 0 Å². The van der Waals surface area contributed by atoms with Crippen LogP contribution < -0.4 is 10.1 Å². The molecular weight excluding hydrogens is 384 g/mol. The number of hydrogen-bond acceptors (Lipinski definition) is 7. The largest absolute Gasteiger partial charge is 0.439 e. The zero-order chi connectivity index (χ0) is 21.3. The first-order chi connectivity index (χ1) is 14.4. The summed E-state index contributed by atoms with van der Waals surface area (Å²) in [5.41, 5.74) is 4.10. The van der Waals surface area contributed by atoms with E-state index in [0.717, 1.165) is 17.0 Å². The molecule has 1 amide bonds. The molecule has 1 aromatic carbocycles. The maximum atomic E-state index is 12.2. The van der Waals surface area contributed by atoms with Gasteiger partial charge in [0.05, 0.1) is 11.9 Å². The fraction of sp³-hybridized carbons (Fsp3) is 0.190. The molecule has 9 heteroatoms. The number of nitrogens with one attached hydrogen (secondary N) is 1. The Morgan fingerprint density at radius 1 is 1.10 bits per heavy atom. The van der Waals surface area contributed by atoms with Crippen molar-refractivity contribution in [3.05, 3.63) is 71.1 Å². The minimum absolute atomic E-state index is 0.289. The third-order valence-electron chi connectivity index (χ3n) is 4.83. The average molecular weight is 404 g/mol. The predicted molar refractivity (Wildman–Crippen MR) is 109 cm³/mol. The van der Waals surface area contributed by atoms with Gasteiger partial charge in [0, 0.05) is 17.4 Å². The number of aromatic nitrogens is 5. The van der Waals surface area contributed by atoms with Crippen LogP contribution in [0.15, 0.2) is 47.4 Å². The number of nitrogens with zero attached hydrogens (tertiary/aromatic N) is 5. The lowest BCUT2D eigenvalue weighted by Crippen LogP contribution is -2.11. The van der Waals surface area contributed by atoms with E-state index in [1.165, 1.54) is 12.5 Å². The second-order valence-electron chi connectivity index (χ2n) is 6.80. The van der Waals surface area contributed by atoms with Crippen LogP contribution in [0.4, 0.5) is 5.69 Å². The fourth-order valence-corrected chi connectivity index (χ4v) is 2.89. The average Bonchev–Trinajstić information content (AvgIpc) is 3.28. The molecule has 1 N–H and O–H groups in total. The molecule has 0 bridgehead atoms. The molecule has 0 aliphatic rings. The van der Waals surface area contributed by atoms with E-state index in [4.69, 9.17) is 9.26 Å². The van der Waals surface area contributed by atoms with Gasteiger partial charge in [-0.1, -0.05) is 5.16 Å². The van der Waals surface area contributed by atoms with E-state index in [9.17, 15) is 4.79 Å². The summed E-state index contributed by atoms with van der Waals surface area (Å²) in [6.07, 6.45) is 2.82. The highest BCUT2D eigenvalue weighted by Gasteiger charge is 2.14. The van der Waals surface area contributed by atoms with Crippen LogP contribution in [0.25, 0.3) is 5.82 Å². The van der Waals surface area contributed by atoms with Crippen LogP contribution in [0, 0.1) is 27.7 Å². The first kappa shape index (κ1) is 19.3. The Hall–Kier alpha value is -4.01. The minimum Gasteiger partial charge on any atom is -0.439 e. The molecule has 4 rings (SSSR count). The maximum Gasteiger partial charge on any atom is 0.260 e. The Morgan fingerprint density at radius 3 is 2.50 bits per heavy atom. The lowest BCUT2D eigenvalue weighted by molar-refractivity contribution is 0.102. The number of benzene rings is 1. The normalized spacial score (nSPS) is 10.8. The van der Waals surface area contributed by atoms with Gasteiger partial charge >= 0.3 is 0 Å². The minimum atomic E-state index is -0.289. The molecular formula is C21H20N6O3. The number of rotatable bonds is 5. The molecule has 30 heavy (non-hydrogen) atoms. The van der Waals surface area contributed by atoms with E-state index in [1.807, 2.05) is 20.8 Å². The fourth-order valence-electron chi connectivity index (χ4n) is 2.89. The molecule has 3 heterocycles. The van der Waals surface area contributed by atoms with Crippen molar-refractivity contribution in [2.24, 2.45) is 0 Å². The van der Waals surface area contributed by atoms with Crippen LogP contribution in [0.3, 0.4) is 0 Å². The monoisotopic (exact) mass is 404 g/mol. The molecule has 0 spiro atoms. The van der Waals surface area contributed by atoms with Crippen molar-refractivity contribution in [1.82, 2.24) is 24.9 Å². The summed E-state index contributed by atoms with van der Waals surface area (Å²) in [6.45, 7) is 7.66. The molecule has 0 saturated heterocycles. The second kappa shape index (κ2) is 7.78. The molecule has 0 aliphatic heterocycles. The highest BCUT2D eigenvalue weighted by atomic mass is 16.5. The summed E-state index contributed by atoms with van der Waals surface area (Å²) in [6, 6.07) is 8.69. The van der Waals surface area contributed by atoms with Crippen molar-refractivity contribution < 1.29 is 14.1 Å². The zero-order valence-electron chi connectivity index (χ0n) is 17.0. The van der Waals surface area contributed by atoms with E-state index < -0.39 is 0 Å². The maximum absolute atomic E-state index is 12.2. The number of carbonyl (C=O) groups excluding carboxylic acids is 1. The SMILES string of the molecule is Cc1nn(-c2cc(Oc3ccc(NC(=O)c4cnoc4C)cc3)ncn2)c(C)c1C. The van der Waals surface area contributed by atoms with Gasteiger partial charge in [-0.05, 0) is 57.5 Å². The van der Waals surface area contributed by atoms with Crippen LogP contribution in [-0.2, 0) is 0 Å². The van der Waals surface area contributed by atoms with Crippen molar-refractivity contribution in [3.8, 4) is 17.4 Å². The van der Waals surface area contributed by atoms with E-state index in [-0.39, 0.29) is 5.91 Å². The summed E-state index contributed by atoms with van der Waals surface area (Å²) in [5, 5.41) is 10.9. The third-order valence-corrected chi connectivity index (χ3v) is 4.83. The molecule has 4 aromatic rings. The molecule has 0 aliphatic carbocycles. The molecule has 0 fully saturated rings. The van der Waals surface area contributed by atoms with Crippen molar-refractivity contribution >= 4 is 11.6 Å². The number of aryl methyl sites for hydroxylation is 2. The van der Waals surface area contributed by atoms with Gasteiger partial charge in [-0.2, -0.15) is 5.10 Å². The smallest absolute Gasteiger partial charge is 0.260 e. The summed E-state index contributed by atoms with van der Waals surface area (Å²) in [4.78, 5) is 20.7. The van der Waals surface area contributed by atoms with Gasteiger partial charge < -0.3 is 14.6 Å². The molecule has 0 atom stereocenters. The van der Waals surface area contributed by atoms with Crippen LogP contribution in [0.2, 0.25) is 0 Å². The predicted octanol–water partition coefficient (Wildman–Crippen LogP) is 3.93. The Kier molecular flexibility index (Phi) is 5.01. The molecule has 0 radical (unpaired) electrons. The first-order valence-electron chi connectivity index (χ1n) is 9.28. The molecule has 152 valence electrons. The Labute approximate surface area is 172 Å².